The van der Waals surface area contributed by atoms with Crippen molar-refractivity contribution in [3.63, 3.8) is 0 Å². The molecule has 3 aromatic heterocycles. The molecule has 154 valence electrons. The van der Waals surface area contributed by atoms with E-state index in [-0.39, 0.29) is 11.9 Å². The molecule has 0 radical (unpaired) electrons. The number of carbonyl (C=O) groups excluding carboxylic acids is 1. The number of H-pyrrole nitrogens is 1. The predicted octanol–water partition coefficient (Wildman–Crippen LogP) is 4.28. The van der Waals surface area contributed by atoms with Gasteiger partial charge in [-0.05, 0) is 43.9 Å². The number of halogens is 1. The van der Waals surface area contributed by atoms with Crippen molar-refractivity contribution in [2.45, 2.75) is 37.2 Å². The molecular weight excluding hydrogens is 397 g/mol. The van der Waals surface area contributed by atoms with Crippen LogP contribution in [0.5, 0.6) is 0 Å². The maximum absolute atomic E-state index is 13.4. The summed E-state index contributed by atoms with van der Waals surface area (Å²) in [5.74, 6) is 0.589. The molecule has 1 aliphatic heterocycles. The van der Waals surface area contributed by atoms with E-state index < -0.39 is 11.5 Å². The predicted molar refractivity (Wildman–Crippen MR) is 110 cm³/mol. The molecule has 1 spiro atoms. The van der Waals surface area contributed by atoms with Gasteiger partial charge in [0.2, 0.25) is 5.95 Å². The van der Waals surface area contributed by atoms with Crippen molar-refractivity contribution < 1.29 is 13.9 Å². The van der Waals surface area contributed by atoms with Crippen LogP contribution in [-0.4, -0.2) is 30.9 Å². The number of fused-ring (bicyclic) bond motifs is 3. The second kappa shape index (κ2) is 6.66. The number of nitrogens with one attached hydrogen (secondary N) is 1. The van der Waals surface area contributed by atoms with Crippen LogP contribution in [0.4, 0.5) is 4.39 Å². The zero-order valence-corrected chi connectivity index (χ0v) is 16.5. The van der Waals surface area contributed by atoms with E-state index in [0.29, 0.717) is 22.7 Å². The lowest BCUT2D eigenvalue weighted by Crippen LogP contribution is -2.31. The number of rotatable bonds is 2. The number of carbonyl (C=O) groups is 1. The van der Waals surface area contributed by atoms with Gasteiger partial charge in [0.25, 0.3) is 0 Å². The summed E-state index contributed by atoms with van der Waals surface area (Å²) in [6.07, 6.45) is 4.84. The van der Waals surface area contributed by atoms with E-state index in [0.717, 1.165) is 42.6 Å². The Morgan fingerprint density at radius 1 is 1.03 bits per heavy atom. The standard InChI is InChI=1S/C23H18FN5O2/c24-18-7-3-6-16(26-18)20-25-12-17-21(29-20)28-19(27-17)13-8-10-23(11-9-13)15-5-2-1-4-14(15)22(30)31-23/h1-7,12-13H,8-11H2,(H,25,27,28,29)/t13-,23-. The van der Waals surface area contributed by atoms with Crippen LogP contribution >= 0.6 is 0 Å². The molecule has 6 rings (SSSR count). The molecule has 0 saturated heterocycles. The second-order valence-electron chi connectivity index (χ2n) is 8.10. The van der Waals surface area contributed by atoms with Crippen molar-refractivity contribution in [2.75, 3.05) is 0 Å². The minimum absolute atomic E-state index is 0.210. The maximum atomic E-state index is 13.4. The third-order valence-electron chi connectivity index (χ3n) is 6.31. The fourth-order valence-corrected chi connectivity index (χ4v) is 4.75. The molecule has 1 fully saturated rings. The first-order valence-electron chi connectivity index (χ1n) is 10.3. The van der Waals surface area contributed by atoms with Crippen molar-refractivity contribution in [2.24, 2.45) is 0 Å². The number of hydrogen-bond donors (Lipinski definition) is 1. The second-order valence-corrected chi connectivity index (χ2v) is 8.10. The zero-order chi connectivity index (χ0) is 21.0. The van der Waals surface area contributed by atoms with E-state index >= 15 is 0 Å². The van der Waals surface area contributed by atoms with Crippen LogP contribution in [0.15, 0.2) is 48.7 Å². The molecule has 0 bridgehead atoms. The molecule has 1 aliphatic carbocycles. The molecule has 0 unspecified atom stereocenters. The number of aromatic nitrogens is 5. The molecule has 7 nitrogen and oxygen atoms in total. The number of nitrogens with zero attached hydrogens (tertiary/aromatic N) is 4. The third-order valence-corrected chi connectivity index (χ3v) is 6.31. The van der Waals surface area contributed by atoms with Gasteiger partial charge in [0, 0.05) is 11.5 Å². The van der Waals surface area contributed by atoms with Gasteiger partial charge < -0.3 is 9.72 Å². The largest absolute Gasteiger partial charge is 0.451 e. The molecule has 1 aromatic carbocycles. The van der Waals surface area contributed by atoms with E-state index in [4.69, 9.17) is 4.74 Å². The van der Waals surface area contributed by atoms with Crippen LogP contribution in [0.1, 0.15) is 53.3 Å². The normalized spacial score (nSPS) is 22.6. The summed E-state index contributed by atoms with van der Waals surface area (Å²) in [4.78, 5) is 32.9. The number of hydrogen-bond acceptors (Lipinski definition) is 6. The summed E-state index contributed by atoms with van der Waals surface area (Å²) in [6.45, 7) is 0. The van der Waals surface area contributed by atoms with Crippen molar-refractivity contribution in [1.29, 1.82) is 0 Å². The van der Waals surface area contributed by atoms with Gasteiger partial charge in [-0.1, -0.05) is 24.3 Å². The average Bonchev–Trinajstić information content (AvgIpc) is 3.33. The Morgan fingerprint density at radius 3 is 2.71 bits per heavy atom. The lowest BCUT2D eigenvalue weighted by molar-refractivity contribution is -0.0312. The van der Waals surface area contributed by atoms with E-state index in [1.165, 1.54) is 6.07 Å². The van der Waals surface area contributed by atoms with Crippen molar-refractivity contribution in [1.82, 2.24) is 24.9 Å². The molecule has 0 atom stereocenters. The smallest absolute Gasteiger partial charge is 0.339 e. The number of imidazole rings is 1. The first-order valence-corrected chi connectivity index (χ1v) is 10.3. The lowest BCUT2D eigenvalue weighted by Gasteiger charge is -2.35. The molecule has 8 heteroatoms. The highest BCUT2D eigenvalue weighted by Gasteiger charge is 2.47. The minimum Gasteiger partial charge on any atom is -0.451 e. The first-order chi connectivity index (χ1) is 15.1. The summed E-state index contributed by atoms with van der Waals surface area (Å²) < 4.78 is 19.3. The van der Waals surface area contributed by atoms with Gasteiger partial charge in [0.15, 0.2) is 11.5 Å². The third kappa shape index (κ3) is 2.90. The Kier molecular flexibility index (Phi) is 3.89. The molecule has 2 aliphatic rings. The number of pyridine rings is 1. The van der Waals surface area contributed by atoms with Crippen LogP contribution in [0.3, 0.4) is 0 Å². The quantitative estimate of drug-likeness (QED) is 0.388. The fraction of sp³-hybridized carbons (Fsp3) is 0.261. The summed E-state index contributed by atoms with van der Waals surface area (Å²) in [5.41, 5.74) is 2.79. The minimum atomic E-state index is -0.575. The molecule has 1 N–H and O–H groups in total. The topological polar surface area (TPSA) is 93.7 Å². The highest BCUT2D eigenvalue weighted by Crippen LogP contribution is 2.49. The van der Waals surface area contributed by atoms with Crippen LogP contribution in [0.2, 0.25) is 0 Å². The van der Waals surface area contributed by atoms with Gasteiger partial charge in [-0.25, -0.2) is 24.7 Å². The number of esters is 1. The van der Waals surface area contributed by atoms with Gasteiger partial charge in [0.05, 0.1) is 11.8 Å². The van der Waals surface area contributed by atoms with Crippen LogP contribution < -0.4 is 0 Å². The van der Waals surface area contributed by atoms with Gasteiger partial charge in [-0.15, -0.1) is 0 Å². The zero-order valence-electron chi connectivity index (χ0n) is 16.5. The average molecular weight is 415 g/mol. The Balaban J connectivity index is 1.26. The fourth-order valence-electron chi connectivity index (χ4n) is 4.75. The molecular formula is C23H18FN5O2. The Bertz CT molecular complexity index is 1330. The Hall–Kier alpha value is -3.68. The Morgan fingerprint density at radius 2 is 1.87 bits per heavy atom. The van der Waals surface area contributed by atoms with Gasteiger partial charge >= 0.3 is 5.97 Å². The summed E-state index contributed by atoms with van der Waals surface area (Å²) in [5, 5.41) is 0. The maximum Gasteiger partial charge on any atom is 0.339 e. The van der Waals surface area contributed by atoms with Gasteiger partial charge in [0.1, 0.15) is 22.6 Å². The molecule has 0 amide bonds. The van der Waals surface area contributed by atoms with Crippen molar-refractivity contribution >= 4 is 17.1 Å². The molecule has 1 saturated carbocycles. The molecule has 31 heavy (non-hydrogen) atoms. The molecule has 4 heterocycles. The van der Waals surface area contributed by atoms with Crippen molar-refractivity contribution in [3.05, 3.63) is 71.6 Å². The van der Waals surface area contributed by atoms with E-state index in [9.17, 15) is 9.18 Å². The highest BCUT2D eigenvalue weighted by molar-refractivity contribution is 5.94. The van der Waals surface area contributed by atoms with Crippen LogP contribution in [0.25, 0.3) is 22.7 Å². The van der Waals surface area contributed by atoms with Crippen LogP contribution in [-0.2, 0) is 10.3 Å². The van der Waals surface area contributed by atoms with Gasteiger partial charge in [-0.3, -0.25) is 0 Å². The number of benzene rings is 1. The van der Waals surface area contributed by atoms with E-state index in [2.05, 4.69) is 24.9 Å². The van der Waals surface area contributed by atoms with Gasteiger partial charge in [-0.2, -0.15) is 4.39 Å². The number of aromatic amines is 1. The first kappa shape index (κ1) is 18.1. The summed E-state index contributed by atoms with van der Waals surface area (Å²) in [6, 6.07) is 12.2. The highest BCUT2D eigenvalue weighted by atomic mass is 19.1. The SMILES string of the molecule is O=C1O[C@]2(CC[C@H](c3nc4nc(-c5cccc(F)n5)ncc4[nH]3)CC2)c2ccccc21. The van der Waals surface area contributed by atoms with Crippen LogP contribution in [0, 0.1) is 5.95 Å². The van der Waals surface area contributed by atoms with E-state index in [1.807, 2.05) is 24.3 Å². The lowest BCUT2D eigenvalue weighted by atomic mass is 9.75. The van der Waals surface area contributed by atoms with Crippen molar-refractivity contribution in [3.8, 4) is 11.5 Å². The van der Waals surface area contributed by atoms with E-state index in [1.54, 1.807) is 18.3 Å². The monoisotopic (exact) mass is 415 g/mol. The number of ether oxygens (including phenoxy) is 1. The Labute approximate surface area is 176 Å². The summed E-state index contributed by atoms with van der Waals surface area (Å²) >= 11 is 0. The summed E-state index contributed by atoms with van der Waals surface area (Å²) in [7, 11) is 0. The molecule has 4 aromatic rings.